The molecular formula is C23H30F2N3O9P. The number of hydrogen-bond acceptors (Lipinski definition) is 10. The number of carbonyl (C=O) groups excluding carboxylic acids is 1. The number of nitrogens with one attached hydrogen (secondary N) is 1. The van der Waals surface area contributed by atoms with Gasteiger partial charge in [-0.3, -0.25) is 23.7 Å². The van der Waals surface area contributed by atoms with Crippen LogP contribution in [0.1, 0.15) is 29.7 Å². The van der Waals surface area contributed by atoms with E-state index in [0.717, 1.165) is 0 Å². The quantitative estimate of drug-likeness (QED) is 0.269. The lowest BCUT2D eigenvalue weighted by Gasteiger charge is -2.30. The number of aromatic nitrogens is 2. The van der Waals surface area contributed by atoms with E-state index in [1.165, 1.54) is 31.2 Å². The standard InChI is InChI=1S/C23H30F2N3O9P/c1-13(2)35-20(31)14(3)11-38(33,37-15-7-5-4-6-8-15)34-10-17-18(29)23(26,12-24)21(36-17)28-9-16(25)19(30)27-22(28)32/h4-9,13-14,17-18,21,29H,10-12,26H2,1-3H3,(H,27,30,32)/t14-,17-,18+,21-,23?,38?/m1/s1/i10D2. The molecule has 2 heterocycles. The molecule has 0 spiro atoms. The maximum atomic E-state index is 14.2. The van der Waals surface area contributed by atoms with Gasteiger partial charge in [-0.25, -0.2) is 13.8 Å². The lowest BCUT2D eigenvalue weighted by molar-refractivity contribution is -0.151. The monoisotopic (exact) mass is 563 g/mol. The van der Waals surface area contributed by atoms with Gasteiger partial charge < -0.3 is 24.8 Å². The van der Waals surface area contributed by atoms with Crippen molar-refractivity contribution in [2.24, 2.45) is 11.7 Å². The Kier molecular flexibility index (Phi) is 8.34. The summed E-state index contributed by atoms with van der Waals surface area (Å²) in [6.07, 6.45) is -7.33. The van der Waals surface area contributed by atoms with Crippen LogP contribution in [0.25, 0.3) is 0 Å². The predicted molar refractivity (Wildman–Crippen MR) is 130 cm³/mol. The van der Waals surface area contributed by atoms with Crippen molar-refractivity contribution >= 4 is 13.6 Å². The van der Waals surface area contributed by atoms with Crippen molar-refractivity contribution in [3.05, 3.63) is 63.2 Å². The van der Waals surface area contributed by atoms with Gasteiger partial charge in [-0.15, -0.1) is 0 Å². The van der Waals surface area contributed by atoms with Gasteiger partial charge in [-0.2, -0.15) is 4.39 Å². The Balaban J connectivity index is 1.98. The lowest BCUT2D eigenvalue weighted by Crippen LogP contribution is -2.58. The molecule has 0 amide bonds. The summed E-state index contributed by atoms with van der Waals surface area (Å²) in [7, 11) is -4.64. The summed E-state index contributed by atoms with van der Waals surface area (Å²) in [5.41, 5.74) is 0.747. The van der Waals surface area contributed by atoms with Crippen molar-refractivity contribution in [3.63, 3.8) is 0 Å². The molecule has 2 unspecified atom stereocenters. The summed E-state index contributed by atoms with van der Waals surface area (Å²) in [4.78, 5) is 37.8. The van der Waals surface area contributed by atoms with Gasteiger partial charge in [-0.1, -0.05) is 25.1 Å². The number of ether oxygens (including phenoxy) is 2. The van der Waals surface area contributed by atoms with Crippen molar-refractivity contribution in [1.82, 2.24) is 9.55 Å². The number of carbonyl (C=O) groups is 1. The molecule has 0 aliphatic carbocycles. The Hall–Kier alpha value is -2.90. The number of aliphatic hydroxyl groups excluding tert-OH is 1. The highest BCUT2D eigenvalue weighted by Gasteiger charge is 2.56. The molecule has 0 saturated carbocycles. The van der Waals surface area contributed by atoms with Crippen LogP contribution in [0.4, 0.5) is 8.78 Å². The van der Waals surface area contributed by atoms with Crippen LogP contribution in [0.5, 0.6) is 5.75 Å². The van der Waals surface area contributed by atoms with E-state index in [1.807, 2.05) is 0 Å². The first-order valence-electron chi connectivity index (χ1n) is 12.5. The Bertz CT molecular complexity index is 1380. The van der Waals surface area contributed by atoms with E-state index in [4.69, 9.17) is 27.0 Å². The topological polar surface area (TPSA) is 172 Å². The smallest absolute Gasteiger partial charge is 0.380 e. The van der Waals surface area contributed by atoms with Crippen molar-refractivity contribution in [1.29, 1.82) is 0 Å². The lowest BCUT2D eigenvalue weighted by atomic mass is 9.92. The number of aromatic amines is 1. The number of para-hydroxylation sites is 1. The first kappa shape index (κ1) is 26.7. The van der Waals surface area contributed by atoms with Crippen LogP contribution in [-0.4, -0.2) is 63.9 Å². The second kappa shape index (κ2) is 11.9. The molecular weight excluding hydrogens is 531 g/mol. The molecule has 1 aliphatic rings. The fourth-order valence-corrected chi connectivity index (χ4v) is 5.30. The molecule has 1 fully saturated rings. The minimum Gasteiger partial charge on any atom is -0.463 e. The molecule has 12 nitrogen and oxygen atoms in total. The number of aliphatic hydroxyl groups is 1. The third kappa shape index (κ3) is 6.56. The fourth-order valence-electron chi connectivity index (χ4n) is 3.59. The molecule has 210 valence electrons. The number of benzene rings is 1. The summed E-state index contributed by atoms with van der Waals surface area (Å²) in [6, 6.07) is 7.48. The van der Waals surface area contributed by atoms with E-state index in [1.54, 1.807) is 24.9 Å². The molecule has 1 aromatic carbocycles. The largest absolute Gasteiger partial charge is 0.463 e. The molecule has 4 N–H and O–H groups in total. The third-order valence-electron chi connectivity index (χ3n) is 5.53. The van der Waals surface area contributed by atoms with E-state index >= 15 is 0 Å². The fraction of sp³-hybridized carbons (Fsp3) is 0.522. The highest BCUT2D eigenvalue weighted by molar-refractivity contribution is 7.54. The molecule has 0 radical (unpaired) electrons. The Morgan fingerprint density at radius 2 is 2.00 bits per heavy atom. The first-order valence-corrected chi connectivity index (χ1v) is 13.2. The number of H-pyrrole nitrogens is 1. The summed E-state index contributed by atoms with van der Waals surface area (Å²) in [5.74, 6) is -3.36. The van der Waals surface area contributed by atoms with Crippen LogP contribution < -0.4 is 21.5 Å². The molecule has 15 heteroatoms. The van der Waals surface area contributed by atoms with Gasteiger partial charge in [0.05, 0.1) is 33.7 Å². The predicted octanol–water partition coefficient (Wildman–Crippen LogP) is 1.48. The first-order chi connectivity index (χ1) is 18.5. The Morgan fingerprint density at radius 3 is 2.61 bits per heavy atom. The maximum absolute atomic E-state index is 14.2. The van der Waals surface area contributed by atoms with Crippen molar-refractivity contribution in [2.75, 3.05) is 19.4 Å². The minimum absolute atomic E-state index is 0.0102. The highest BCUT2D eigenvalue weighted by Crippen LogP contribution is 2.51. The van der Waals surface area contributed by atoms with Gasteiger partial charge in [0.15, 0.2) is 6.23 Å². The van der Waals surface area contributed by atoms with E-state index in [0.29, 0.717) is 10.8 Å². The molecule has 6 atom stereocenters. The zero-order valence-electron chi connectivity index (χ0n) is 22.7. The van der Waals surface area contributed by atoms with Gasteiger partial charge in [0.25, 0.3) is 5.56 Å². The number of esters is 1. The molecule has 38 heavy (non-hydrogen) atoms. The van der Waals surface area contributed by atoms with Crippen molar-refractivity contribution in [3.8, 4) is 5.75 Å². The average molecular weight is 563 g/mol. The van der Waals surface area contributed by atoms with Crippen LogP contribution in [0.2, 0.25) is 0 Å². The second-order valence-electron chi connectivity index (χ2n) is 9.04. The van der Waals surface area contributed by atoms with Crippen LogP contribution in [-0.2, 0) is 23.4 Å². The normalized spacial score (nSPS) is 26.8. The SMILES string of the molecule is [2H]C([2H])(OP(=O)(C[C@@H](C)C(=O)OC(C)C)Oc1ccccc1)[C@H]1O[C@@H](n2cc(F)c(=O)[nH]c2=O)C(N)(CF)[C@H]1O. The molecule has 1 aromatic heterocycles. The maximum Gasteiger partial charge on any atom is 0.380 e. The van der Waals surface area contributed by atoms with Crippen LogP contribution in [0, 0.1) is 11.7 Å². The molecule has 1 saturated heterocycles. The summed E-state index contributed by atoms with van der Waals surface area (Å²) < 4.78 is 80.6. The zero-order chi connectivity index (χ0) is 30.0. The number of halogens is 2. The number of alkyl halides is 1. The molecule has 3 rings (SSSR count). The van der Waals surface area contributed by atoms with E-state index in [2.05, 4.69) is 0 Å². The van der Waals surface area contributed by atoms with Crippen molar-refractivity contribution < 1.29 is 44.5 Å². The average Bonchev–Trinajstić information content (AvgIpc) is 3.12. The number of hydrogen-bond donors (Lipinski definition) is 3. The van der Waals surface area contributed by atoms with Gasteiger partial charge in [0.2, 0.25) is 5.82 Å². The van der Waals surface area contributed by atoms with Gasteiger partial charge in [0, 0.05) is 0 Å². The number of rotatable bonds is 11. The minimum atomic E-state index is -4.64. The molecule has 0 bridgehead atoms. The summed E-state index contributed by atoms with van der Waals surface area (Å²) >= 11 is 0. The second-order valence-corrected chi connectivity index (χ2v) is 11.0. The van der Waals surface area contributed by atoms with Crippen LogP contribution in [0.3, 0.4) is 0 Å². The Labute approximate surface area is 219 Å². The highest BCUT2D eigenvalue weighted by atomic mass is 31.2. The molecule has 1 aliphatic heterocycles. The summed E-state index contributed by atoms with van der Waals surface area (Å²) in [6.45, 7) is -0.316. The van der Waals surface area contributed by atoms with Crippen LogP contribution >= 0.6 is 7.60 Å². The van der Waals surface area contributed by atoms with E-state index < -0.39 is 86.0 Å². The molecule has 2 aromatic rings. The summed E-state index contributed by atoms with van der Waals surface area (Å²) in [5, 5.41) is 10.9. The van der Waals surface area contributed by atoms with Gasteiger partial charge >= 0.3 is 19.3 Å². The van der Waals surface area contributed by atoms with E-state index in [-0.39, 0.29) is 5.75 Å². The Morgan fingerprint density at radius 1 is 1.34 bits per heavy atom. The van der Waals surface area contributed by atoms with E-state index in [9.17, 15) is 32.8 Å². The van der Waals surface area contributed by atoms with Crippen LogP contribution in [0.15, 0.2) is 46.1 Å². The zero-order valence-corrected chi connectivity index (χ0v) is 21.6. The number of nitrogens with zero attached hydrogens (tertiary/aromatic N) is 1. The number of nitrogens with two attached hydrogens (primary N) is 1. The van der Waals surface area contributed by atoms with Crippen molar-refractivity contribution in [2.45, 2.75) is 50.8 Å². The van der Waals surface area contributed by atoms with Gasteiger partial charge in [0.1, 0.15) is 30.2 Å². The third-order valence-corrected chi connectivity index (χ3v) is 7.40. The van der Waals surface area contributed by atoms with Gasteiger partial charge in [-0.05, 0) is 26.0 Å².